The van der Waals surface area contributed by atoms with Crippen LogP contribution in [-0.2, 0) is 30.3 Å². The van der Waals surface area contributed by atoms with Crippen LogP contribution in [0.25, 0.3) is 0 Å². The third-order valence-corrected chi connectivity index (χ3v) is 5.13. The quantitative estimate of drug-likeness (QED) is 0.273. The van der Waals surface area contributed by atoms with Crippen molar-refractivity contribution in [3.8, 4) is 12.5 Å². The Labute approximate surface area is 214 Å². The van der Waals surface area contributed by atoms with Crippen molar-refractivity contribution in [2.24, 2.45) is 5.92 Å². The van der Waals surface area contributed by atoms with Crippen LogP contribution >= 0.6 is 0 Å². The summed E-state index contributed by atoms with van der Waals surface area (Å²) in [6.45, 7) is 12.6. The molecule has 2 unspecified atom stereocenters. The molecule has 1 rings (SSSR count). The van der Waals surface area contributed by atoms with E-state index in [1.165, 1.54) is 0 Å². The van der Waals surface area contributed by atoms with Crippen LogP contribution in [-0.4, -0.2) is 53.6 Å². The summed E-state index contributed by atoms with van der Waals surface area (Å²) >= 11 is 0. The Balaban J connectivity index is 3.27. The van der Waals surface area contributed by atoms with Gasteiger partial charge in [-0.1, -0.05) is 51.5 Å². The average Bonchev–Trinajstić information content (AvgIpc) is 2.79. The number of nitrogens with zero attached hydrogens (tertiary/aromatic N) is 1. The summed E-state index contributed by atoms with van der Waals surface area (Å²) in [6.07, 6.45) is 5.75. The summed E-state index contributed by atoms with van der Waals surface area (Å²) in [7, 11) is 0. The first-order chi connectivity index (χ1) is 16.8. The average molecular weight is 502 g/mol. The Morgan fingerprint density at radius 2 is 1.69 bits per heavy atom. The van der Waals surface area contributed by atoms with Gasteiger partial charge in [-0.2, -0.15) is 0 Å². The Bertz CT molecular complexity index is 944. The normalized spacial score (nSPS) is 12.6. The molecule has 0 heterocycles. The second-order valence-corrected chi connectivity index (χ2v) is 9.55. The van der Waals surface area contributed by atoms with Gasteiger partial charge in [-0.25, -0.2) is 4.79 Å². The van der Waals surface area contributed by atoms with Crippen molar-refractivity contribution < 1.29 is 28.7 Å². The van der Waals surface area contributed by atoms with Crippen molar-refractivity contribution in [1.82, 2.24) is 15.5 Å². The topological polar surface area (TPSA) is 114 Å². The standard InChI is InChI=1S/C27H39N3O6/c1-9-19-12-14-20(15-13-19)23(24(32)28-17-16-21(31)35-11-3)30(10-2)25(33)22(18(4)5)29-26(34)36-27(6,7)8/h2,12-15,18,22-23H,9,11,16-17H2,1,3-8H3,(H,28,32)(H,29,34). The van der Waals surface area contributed by atoms with Crippen LogP contribution < -0.4 is 10.6 Å². The van der Waals surface area contributed by atoms with Gasteiger partial charge in [0.1, 0.15) is 17.7 Å². The molecule has 9 heteroatoms. The number of ether oxygens (including phenoxy) is 2. The monoisotopic (exact) mass is 501 g/mol. The maximum absolute atomic E-state index is 13.6. The molecule has 9 nitrogen and oxygen atoms in total. The Morgan fingerprint density at radius 1 is 1.08 bits per heavy atom. The van der Waals surface area contributed by atoms with Gasteiger partial charge in [-0.3, -0.25) is 19.3 Å². The van der Waals surface area contributed by atoms with Crippen molar-refractivity contribution in [3.05, 3.63) is 35.4 Å². The SMILES string of the molecule is C#CN(C(=O)C(NC(=O)OC(C)(C)C)C(C)C)C(C(=O)NCCC(=O)OCC)c1ccc(CC)cc1. The molecule has 2 atom stereocenters. The van der Waals surface area contributed by atoms with Crippen LogP contribution in [0.5, 0.6) is 0 Å². The summed E-state index contributed by atoms with van der Waals surface area (Å²) in [4.78, 5) is 51.9. The third-order valence-electron chi connectivity index (χ3n) is 5.13. The molecule has 0 radical (unpaired) electrons. The highest BCUT2D eigenvalue weighted by molar-refractivity contribution is 5.93. The van der Waals surface area contributed by atoms with Gasteiger partial charge in [0.25, 0.3) is 5.91 Å². The van der Waals surface area contributed by atoms with Crippen LogP contribution in [0.1, 0.15) is 72.1 Å². The molecule has 0 spiro atoms. The number of amides is 3. The van der Waals surface area contributed by atoms with Gasteiger partial charge in [0.05, 0.1) is 13.0 Å². The lowest BCUT2D eigenvalue weighted by Gasteiger charge is -2.31. The van der Waals surface area contributed by atoms with Gasteiger partial charge >= 0.3 is 12.1 Å². The number of alkyl carbamates (subject to hydrolysis) is 1. The van der Waals surface area contributed by atoms with E-state index in [0.717, 1.165) is 16.9 Å². The number of hydrogen-bond acceptors (Lipinski definition) is 6. The largest absolute Gasteiger partial charge is 0.466 e. The Kier molecular flexibility index (Phi) is 12.0. The van der Waals surface area contributed by atoms with Crippen molar-refractivity contribution in [2.45, 2.75) is 79.0 Å². The van der Waals surface area contributed by atoms with Gasteiger partial charge in [-0.05, 0) is 51.2 Å². The van der Waals surface area contributed by atoms with E-state index < -0.39 is 41.6 Å². The van der Waals surface area contributed by atoms with Crippen molar-refractivity contribution in [3.63, 3.8) is 0 Å². The van der Waals surface area contributed by atoms with E-state index in [1.807, 2.05) is 19.1 Å². The van der Waals surface area contributed by atoms with E-state index in [1.54, 1.807) is 53.7 Å². The molecule has 0 aromatic heterocycles. The first-order valence-corrected chi connectivity index (χ1v) is 12.2. The van der Waals surface area contributed by atoms with E-state index in [-0.39, 0.29) is 25.5 Å². The zero-order valence-corrected chi connectivity index (χ0v) is 22.3. The first kappa shape index (κ1) is 30.5. The number of benzene rings is 1. The lowest BCUT2D eigenvalue weighted by molar-refractivity contribution is -0.143. The lowest BCUT2D eigenvalue weighted by Crippen LogP contribution is -2.53. The van der Waals surface area contributed by atoms with Crippen LogP contribution in [0, 0.1) is 18.4 Å². The minimum absolute atomic E-state index is 0.0115. The molecule has 2 N–H and O–H groups in total. The molecule has 3 amide bonds. The maximum atomic E-state index is 13.6. The molecule has 0 fully saturated rings. The zero-order valence-electron chi connectivity index (χ0n) is 22.3. The van der Waals surface area contributed by atoms with Crippen LogP contribution in [0.2, 0.25) is 0 Å². The second kappa shape index (κ2) is 14.1. The molecule has 0 bridgehead atoms. The molecular weight excluding hydrogens is 462 g/mol. The highest BCUT2D eigenvalue weighted by Gasteiger charge is 2.37. The van der Waals surface area contributed by atoms with Crippen LogP contribution in [0.4, 0.5) is 4.79 Å². The number of nitrogens with one attached hydrogen (secondary N) is 2. The molecule has 36 heavy (non-hydrogen) atoms. The lowest BCUT2D eigenvalue weighted by atomic mass is 9.98. The molecule has 0 saturated carbocycles. The minimum Gasteiger partial charge on any atom is -0.466 e. The highest BCUT2D eigenvalue weighted by atomic mass is 16.6. The molecular formula is C27H39N3O6. The molecule has 1 aromatic rings. The van der Waals surface area contributed by atoms with E-state index in [9.17, 15) is 19.2 Å². The number of terminal acetylenes is 1. The number of esters is 1. The van der Waals surface area contributed by atoms with Gasteiger partial charge in [0.2, 0.25) is 5.91 Å². The smallest absolute Gasteiger partial charge is 0.408 e. The van der Waals surface area contributed by atoms with E-state index >= 15 is 0 Å². The van der Waals surface area contributed by atoms with E-state index in [4.69, 9.17) is 15.9 Å². The highest BCUT2D eigenvalue weighted by Crippen LogP contribution is 2.24. The summed E-state index contributed by atoms with van der Waals surface area (Å²) in [5.74, 6) is -2.00. The summed E-state index contributed by atoms with van der Waals surface area (Å²) in [5, 5.41) is 5.25. The third kappa shape index (κ3) is 9.61. The van der Waals surface area contributed by atoms with Crippen molar-refractivity contribution in [1.29, 1.82) is 0 Å². The number of aryl methyl sites for hydroxylation is 1. The van der Waals surface area contributed by atoms with Crippen molar-refractivity contribution in [2.75, 3.05) is 13.2 Å². The molecule has 1 aromatic carbocycles. The molecule has 0 aliphatic carbocycles. The van der Waals surface area contributed by atoms with E-state index in [2.05, 4.69) is 16.7 Å². The van der Waals surface area contributed by atoms with Gasteiger partial charge in [0, 0.05) is 12.6 Å². The predicted molar refractivity (Wildman–Crippen MR) is 136 cm³/mol. The number of rotatable bonds is 11. The van der Waals surface area contributed by atoms with E-state index in [0.29, 0.717) is 5.56 Å². The Hall–Kier alpha value is -3.54. The molecule has 198 valence electrons. The van der Waals surface area contributed by atoms with Crippen LogP contribution in [0.15, 0.2) is 24.3 Å². The Morgan fingerprint density at radius 3 is 2.17 bits per heavy atom. The molecule has 0 saturated heterocycles. The van der Waals surface area contributed by atoms with Gasteiger partial charge < -0.3 is 20.1 Å². The zero-order chi connectivity index (χ0) is 27.5. The van der Waals surface area contributed by atoms with Gasteiger partial charge in [-0.15, -0.1) is 0 Å². The first-order valence-electron chi connectivity index (χ1n) is 12.2. The number of carbonyl (C=O) groups excluding carboxylic acids is 4. The predicted octanol–water partition coefficient (Wildman–Crippen LogP) is 3.33. The molecule has 0 aliphatic heterocycles. The maximum Gasteiger partial charge on any atom is 0.408 e. The second-order valence-electron chi connectivity index (χ2n) is 9.55. The fourth-order valence-electron chi connectivity index (χ4n) is 3.33. The number of hydrogen-bond donors (Lipinski definition) is 2. The fraction of sp³-hybridized carbons (Fsp3) is 0.556. The summed E-state index contributed by atoms with van der Waals surface area (Å²) < 4.78 is 10.2. The van der Waals surface area contributed by atoms with Crippen molar-refractivity contribution >= 4 is 23.9 Å². The van der Waals surface area contributed by atoms with Crippen LogP contribution in [0.3, 0.4) is 0 Å². The fourth-order valence-corrected chi connectivity index (χ4v) is 3.33. The van der Waals surface area contributed by atoms with Gasteiger partial charge in [0.15, 0.2) is 0 Å². The number of carbonyl (C=O) groups is 4. The summed E-state index contributed by atoms with van der Waals surface area (Å²) in [5.41, 5.74) is 0.778. The molecule has 0 aliphatic rings. The minimum atomic E-state index is -1.18. The summed E-state index contributed by atoms with van der Waals surface area (Å²) in [6, 6.07) is 7.28.